The Hall–Kier alpha value is -1.91. The van der Waals surface area contributed by atoms with Gasteiger partial charge in [0.15, 0.2) is 0 Å². The number of amides is 1. The van der Waals surface area contributed by atoms with Crippen molar-refractivity contribution in [3.8, 4) is 0 Å². The van der Waals surface area contributed by atoms with Crippen molar-refractivity contribution in [2.45, 2.75) is 13.0 Å². The number of carbonyl (C=O) groups is 1. The van der Waals surface area contributed by atoms with Crippen LogP contribution in [0, 0.1) is 0 Å². The number of hydrogen-bond donors (Lipinski definition) is 2. The molecular weight excluding hydrogens is 274 g/mol. The van der Waals surface area contributed by atoms with Crippen molar-refractivity contribution in [1.82, 2.24) is 10.3 Å². The van der Waals surface area contributed by atoms with Crippen molar-refractivity contribution in [2.24, 2.45) is 0 Å². The zero-order chi connectivity index (χ0) is 13.9. The van der Waals surface area contributed by atoms with E-state index in [9.17, 15) is 4.79 Å². The predicted octanol–water partition coefficient (Wildman–Crippen LogP) is 2.63. The van der Waals surface area contributed by atoms with E-state index in [0.717, 1.165) is 30.6 Å². The number of benzene rings is 1. The average molecular weight is 288 g/mol. The van der Waals surface area contributed by atoms with Crippen LogP contribution in [-0.4, -0.2) is 17.4 Å². The summed E-state index contributed by atoms with van der Waals surface area (Å²) >= 11 is 5.92. The molecule has 3 rings (SSSR count). The van der Waals surface area contributed by atoms with Crippen LogP contribution >= 0.6 is 11.6 Å². The molecule has 1 amide bonds. The second-order valence-electron chi connectivity index (χ2n) is 4.72. The summed E-state index contributed by atoms with van der Waals surface area (Å²) in [5.74, 6) is -0.140. The molecule has 1 aromatic carbocycles. The van der Waals surface area contributed by atoms with E-state index in [1.807, 2.05) is 12.3 Å². The fraction of sp³-hybridized carbons (Fsp3) is 0.200. The SMILES string of the molecule is O=C(Nc1cccc(Cl)c1)c1cncc2c1CCNC2. The van der Waals surface area contributed by atoms with Crippen molar-refractivity contribution < 1.29 is 4.79 Å². The van der Waals surface area contributed by atoms with Gasteiger partial charge in [0.2, 0.25) is 0 Å². The minimum atomic E-state index is -0.140. The molecule has 102 valence electrons. The van der Waals surface area contributed by atoms with Gasteiger partial charge in [0.25, 0.3) is 5.91 Å². The average Bonchev–Trinajstić information content (AvgIpc) is 2.46. The Morgan fingerprint density at radius 2 is 2.25 bits per heavy atom. The number of nitrogens with one attached hydrogen (secondary N) is 2. The van der Waals surface area contributed by atoms with E-state index >= 15 is 0 Å². The van der Waals surface area contributed by atoms with E-state index in [2.05, 4.69) is 15.6 Å². The number of fused-ring (bicyclic) bond motifs is 1. The van der Waals surface area contributed by atoms with Crippen LogP contribution in [0.3, 0.4) is 0 Å². The maximum Gasteiger partial charge on any atom is 0.257 e. The molecule has 0 saturated heterocycles. The summed E-state index contributed by atoms with van der Waals surface area (Å²) in [4.78, 5) is 16.5. The summed E-state index contributed by atoms with van der Waals surface area (Å²) in [5.41, 5.74) is 3.51. The first kappa shape index (κ1) is 13.1. The molecule has 0 spiro atoms. The highest BCUT2D eigenvalue weighted by atomic mass is 35.5. The van der Waals surface area contributed by atoms with Crippen LogP contribution in [-0.2, 0) is 13.0 Å². The number of hydrogen-bond acceptors (Lipinski definition) is 3. The van der Waals surface area contributed by atoms with Gasteiger partial charge in [-0.3, -0.25) is 9.78 Å². The van der Waals surface area contributed by atoms with E-state index in [1.165, 1.54) is 0 Å². The summed E-state index contributed by atoms with van der Waals surface area (Å²) in [7, 11) is 0. The minimum absolute atomic E-state index is 0.140. The molecule has 0 radical (unpaired) electrons. The Bertz CT molecular complexity index is 657. The van der Waals surface area contributed by atoms with Crippen LogP contribution in [0.4, 0.5) is 5.69 Å². The van der Waals surface area contributed by atoms with Crippen molar-refractivity contribution in [3.05, 3.63) is 58.4 Å². The molecule has 0 fully saturated rings. The summed E-state index contributed by atoms with van der Waals surface area (Å²) in [6.45, 7) is 1.65. The van der Waals surface area contributed by atoms with Crippen molar-refractivity contribution in [1.29, 1.82) is 0 Å². The first-order valence-electron chi connectivity index (χ1n) is 6.47. The number of carbonyl (C=O) groups excluding carboxylic acids is 1. The zero-order valence-electron chi connectivity index (χ0n) is 10.8. The third kappa shape index (κ3) is 2.66. The van der Waals surface area contributed by atoms with Gasteiger partial charge in [-0.2, -0.15) is 0 Å². The van der Waals surface area contributed by atoms with E-state index < -0.39 is 0 Å². The van der Waals surface area contributed by atoms with Gasteiger partial charge in [0.05, 0.1) is 5.56 Å². The van der Waals surface area contributed by atoms with Crippen LogP contribution in [0.1, 0.15) is 21.5 Å². The monoisotopic (exact) mass is 287 g/mol. The molecular formula is C15H14ClN3O. The Morgan fingerprint density at radius 3 is 3.10 bits per heavy atom. The van der Waals surface area contributed by atoms with Crippen LogP contribution in [0.15, 0.2) is 36.7 Å². The third-order valence-corrected chi connectivity index (χ3v) is 3.58. The number of nitrogens with zero attached hydrogens (tertiary/aromatic N) is 1. The van der Waals surface area contributed by atoms with Gasteiger partial charge in [0, 0.05) is 29.6 Å². The lowest BCUT2D eigenvalue weighted by Crippen LogP contribution is -2.27. The molecule has 0 bridgehead atoms. The van der Waals surface area contributed by atoms with Gasteiger partial charge in [-0.05, 0) is 42.3 Å². The third-order valence-electron chi connectivity index (χ3n) is 3.34. The second-order valence-corrected chi connectivity index (χ2v) is 5.15. The topological polar surface area (TPSA) is 54.0 Å². The molecule has 1 aliphatic heterocycles. The molecule has 20 heavy (non-hydrogen) atoms. The number of aromatic nitrogens is 1. The first-order chi connectivity index (χ1) is 9.74. The number of halogens is 1. The standard InChI is InChI=1S/C15H14ClN3O/c16-11-2-1-3-12(6-11)19-15(20)14-9-18-8-10-7-17-5-4-13(10)14/h1-3,6,8-9,17H,4-5,7H2,(H,19,20). The molecule has 1 aliphatic rings. The van der Waals surface area contributed by atoms with E-state index in [1.54, 1.807) is 24.4 Å². The van der Waals surface area contributed by atoms with E-state index in [0.29, 0.717) is 16.3 Å². The molecule has 4 nitrogen and oxygen atoms in total. The maximum atomic E-state index is 12.4. The molecule has 0 aliphatic carbocycles. The summed E-state index contributed by atoms with van der Waals surface area (Å²) in [5, 5.41) is 6.74. The van der Waals surface area contributed by atoms with Crippen molar-refractivity contribution >= 4 is 23.2 Å². The lowest BCUT2D eigenvalue weighted by atomic mass is 9.98. The highest BCUT2D eigenvalue weighted by Crippen LogP contribution is 2.20. The number of anilines is 1. The lowest BCUT2D eigenvalue weighted by molar-refractivity contribution is 0.102. The molecule has 0 atom stereocenters. The van der Waals surface area contributed by atoms with Gasteiger partial charge in [0.1, 0.15) is 0 Å². The molecule has 0 unspecified atom stereocenters. The smallest absolute Gasteiger partial charge is 0.257 e. The fourth-order valence-corrected chi connectivity index (χ4v) is 2.57. The number of pyridine rings is 1. The largest absolute Gasteiger partial charge is 0.322 e. The van der Waals surface area contributed by atoms with Crippen LogP contribution in [0.25, 0.3) is 0 Å². The van der Waals surface area contributed by atoms with Gasteiger partial charge in [-0.1, -0.05) is 17.7 Å². The van der Waals surface area contributed by atoms with Gasteiger partial charge in [-0.15, -0.1) is 0 Å². The first-order valence-corrected chi connectivity index (χ1v) is 6.85. The second kappa shape index (κ2) is 5.61. The molecule has 2 aromatic rings. The molecule has 1 aromatic heterocycles. The highest BCUT2D eigenvalue weighted by Gasteiger charge is 2.18. The van der Waals surface area contributed by atoms with Crippen LogP contribution in [0.2, 0.25) is 5.02 Å². The number of rotatable bonds is 2. The van der Waals surface area contributed by atoms with Gasteiger partial charge < -0.3 is 10.6 Å². The Balaban J connectivity index is 1.88. The molecule has 5 heteroatoms. The van der Waals surface area contributed by atoms with Crippen LogP contribution in [0.5, 0.6) is 0 Å². The van der Waals surface area contributed by atoms with Crippen molar-refractivity contribution in [2.75, 3.05) is 11.9 Å². The van der Waals surface area contributed by atoms with Gasteiger partial charge >= 0.3 is 0 Å². The van der Waals surface area contributed by atoms with Crippen LogP contribution < -0.4 is 10.6 Å². The predicted molar refractivity (Wildman–Crippen MR) is 79.1 cm³/mol. The Labute approximate surface area is 122 Å². The summed E-state index contributed by atoms with van der Waals surface area (Å²) < 4.78 is 0. The Kier molecular flexibility index (Phi) is 3.67. The quantitative estimate of drug-likeness (QED) is 0.893. The molecule has 2 N–H and O–H groups in total. The van der Waals surface area contributed by atoms with Crippen molar-refractivity contribution in [3.63, 3.8) is 0 Å². The molecule has 0 saturated carbocycles. The summed E-state index contributed by atoms with van der Waals surface area (Å²) in [6, 6.07) is 7.12. The lowest BCUT2D eigenvalue weighted by Gasteiger charge is -2.19. The normalized spacial score (nSPS) is 13.7. The minimum Gasteiger partial charge on any atom is -0.322 e. The van der Waals surface area contributed by atoms with E-state index in [4.69, 9.17) is 11.6 Å². The maximum absolute atomic E-state index is 12.4. The molecule has 2 heterocycles. The highest BCUT2D eigenvalue weighted by molar-refractivity contribution is 6.31. The summed E-state index contributed by atoms with van der Waals surface area (Å²) in [6.07, 6.45) is 4.29. The fourth-order valence-electron chi connectivity index (χ4n) is 2.37. The van der Waals surface area contributed by atoms with E-state index in [-0.39, 0.29) is 5.91 Å². The van der Waals surface area contributed by atoms with Gasteiger partial charge in [-0.25, -0.2) is 0 Å². The Morgan fingerprint density at radius 1 is 1.35 bits per heavy atom. The zero-order valence-corrected chi connectivity index (χ0v) is 11.6.